The first-order valence-corrected chi connectivity index (χ1v) is 11.2. The fourth-order valence-electron chi connectivity index (χ4n) is 5.65. The standard InChI is InChI=1S/C26H20ClN3O3/c27-16-10-12-17(13-11-16)30-23(31)21-20(14-15-6-2-1-3-7-15)29-26(22(21)24(30)32)18-8-4-5-9-19(18)28-25(26)33/h1-13,20-22,29H,14H2,(H,28,33). The lowest BCUT2D eigenvalue weighted by Gasteiger charge is -2.29. The first-order chi connectivity index (χ1) is 16.0. The number of benzene rings is 3. The van der Waals surface area contributed by atoms with E-state index in [0.29, 0.717) is 28.4 Å². The largest absolute Gasteiger partial charge is 0.324 e. The van der Waals surface area contributed by atoms with E-state index in [2.05, 4.69) is 10.6 Å². The van der Waals surface area contributed by atoms with E-state index >= 15 is 0 Å². The van der Waals surface area contributed by atoms with Crippen molar-refractivity contribution in [2.24, 2.45) is 11.8 Å². The number of amides is 3. The van der Waals surface area contributed by atoms with Crippen molar-refractivity contribution < 1.29 is 14.4 Å². The van der Waals surface area contributed by atoms with Crippen molar-refractivity contribution in [2.75, 3.05) is 10.2 Å². The number of nitrogens with zero attached hydrogens (tertiary/aromatic N) is 1. The molecule has 0 radical (unpaired) electrons. The Bertz CT molecular complexity index is 1290. The van der Waals surface area contributed by atoms with Crippen molar-refractivity contribution in [3.63, 3.8) is 0 Å². The van der Waals surface area contributed by atoms with Gasteiger partial charge < -0.3 is 5.32 Å². The molecule has 0 aliphatic carbocycles. The normalized spacial score (nSPS) is 27.7. The summed E-state index contributed by atoms with van der Waals surface area (Å²) >= 11 is 6.02. The molecule has 3 aliphatic heterocycles. The molecule has 33 heavy (non-hydrogen) atoms. The van der Waals surface area contributed by atoms with Gasteiger partial charge in [-0.1, -0.05) is 60.1 Å². The Morgan fingerprint density at radius 3 is 2.30 bits per heavy atom. The zero-order chi connectivity index (χ0) is 22.7. The van der Waals surface area contributed by atoms with Gasteiger partial charge in [0.2, 0.25) is 17.7 Å². The van der Waals surface area contributed by atoms with E-state index in [4.69, 9.17) is 11.6 Å². The van der Waals surface area contributed by atoms with E-state index in [0.717, 1.165) is 5.56 Å². The minimum Gasteiger partial charge on any atom is -0.324 e. The second-order valence-corrected chi connectivity index (χ2v) is 9.18. The van der Waals surface area contributed by atoms with Gasteiger partial charge in [0.15, 0.2) is 0 Å². The van der Waals surface area contributed by atoms with Gasteiger partial charge in [-0.15, -0.1) is 0 Å². The zero-order valence-corrected chi connectivity index (χ0v) is 18.3. The number of rotatable bonds is 3. The van der Waals surface area contributed by atoms with Gasteiger partial charge in [0.1, 0.15) is 5.54 Å². The van der Waals surface area contributed by atoms with Gasteiger partial charge in [0, 0.05) is 22.3 Å². The lowest BCUT2D eigenvalue weighted by molar-refractivity contribution is -0.130. The van der Waals surface area contributed by atoms with Crippen LogP contribution in [0.25, 0.3) is 0 Å². The van der Waals surface area contributed by atoms with E-state index in [1.54, 1.807) is 24.3 Å². The average Bonchev–Trinajstić information content (AvgIpc) is 3.40. The van der Waals surface area contributed by atoms with Crippen LogP contribution in [0.4, 0.5) is 11.4 Å². The highest BCUT2D eigenvalue weighted by atomic mass is 35.5. The molecule has 1 spiro atoms. The molecule has 6 nitrogen and oxygen atoms in total. The predicted octanol–water partition coefficient (Wildman–Crippen LogP) is 3.51. The molecule has 2 N–H and O–H groups in total. The SMILES string of the molecule is O=C1C2C(Cc3ccccc3)NC3(C(=O)Nc4ccccc43)C2C(=O)N1c1ccc(Cl)cc1. The molecule has 7 heteroatoms. The number of hydrogen-bond donors (Lipinski definition) is 2. The topological polar surface area (TPSA) is 78.5 Å². The Kier molecular flexibility index (Phi) is 4.44. The number of imide groups is 1. The van der Waals surface area contributed by atoms with E-state index in [-0.39, 0.29) is 23.8 Å². The quantitative estimate of drug-likeness (QED) is 0.590. The molecule has 0 bridgehead atoms. The van der Waals surface area contributed by atoms with Crippen LogP contribution in [0.5, 0.6) is 0 Å². The second kappa shape index (κ2) is 7.27. The maximum absolute atomic E-state index is 13.8. The zero-order valence-electron chi connectivity index (χ0n) is 17.5. The first-order valence-electron chi connectivity index (χ1n) is 10.9. The summed E-state index contributed by atoms with van der Waals surface area (Å²) in [4.78, 5) is 42.3. The number of para-hydroxylation sites is 1. The third-order valence-corrected chi connectivity index (χ3v) is 7.26. The number of nitrogens with one attached hydrogen (secondary N) is 2. The Labute approximate surface area is 195 Å². The molecule has 3 amide bonds. The third kappa shape index (κ3) is 2.81. The molecule has 0 saturated carbocycles. The highest BCUT2D eigenvalue weighted by Crippen LogP contribution is 2.53. The van der Waals surface area contributed by atoms with Gasteiger partial charge in [-0.05, 0) is 42.3 Å². The average molecular weight is 458 g/mol. The number of anilines is 2. The van der Waals surface area contributed by atoms with Crippen LogP contribution in [-0.4, -0.2) is 23.8 Å². The van der Waals surface area contributed by atoms with Crippen molar-refractivity contribution in [1.29, 1.82) is 0 Å². The van der Waals surface area contributed by atoms with Crippen LogP contribution < -0.4 is 15.5 Å². The molecular formula is C26H20ClN3O3. The molecule has 0 aromatic heterocycles. The lowest BCUT2D eigenvalue weighted by atomic mass is 9.76. The van der Waals surface area contributed by atoms with E-state index < -0.39 is 17.4 Å². The number of carbonyl (C=O) groups is 3. The third-order valence-electron chi connectivity index (χ3n) is 7.01. The van der Waals surface area contributed by atoms with Gasteiger partial charge in [-0.25, -0.2) is 4.90 Å². The van der Waals surface area contributed by atoms with Gasteiger partial charge in [-0.3, -0.25) is 19.7 Å². The van der Waals surface area contributed by atoms with E-state index in [1.807, 2.05) is 54.6 Å². The molecule has 2 fully saturated rings. The summed E-state index contributed by atoms with van der Waals surface area (Å²) in [5.74, 6) is -2.49. The minimum absolute atomic E-state index is 0.296. The highest BCUT2D eigenvalue weighted by molar-refractivity contribution is 6.31. The molecule has 3 aromatic rings. The molecular weight excluding hydrogens is 438 g/mol. The molecule has 164 valence electrons. The lowest BCUT2D eigenvalue weighted by Crippen LogP contribution is -2.53. The van der Waals surface area contributed by atoms with Crippen molar-refractivity contribution in [1.82, 2.24) is 5.32 Å². The number of halogens is 1. The summed E-state index contributed by atoms with van der Waals surface area (Å²) in [7, 11) is 0. The maximum atomic E-state index is 13.8. The Morgan fingerprint density at radius 1 is 0.848 bits per heavy atom. The van der Waals surface area contributed by atoms with Gasteiger partial charge in [0.25, 0.3) is 0 Å². The molecule has 4 unspecified atom stereocenters. The van der Waals surface area contributed by atoms with Crippen LogP contribution >= 0.6 is 11.6 Å². The van der Waals surface area contributed by atoms with Crippen molar-refractivity contribution in [2.45, 2.75) is 18.0 Å². The summed E-state index contributed by atoms with van der Waals surface area (Å²) in [6.07, 6.45) is 0.521. The predicted molar refractivity (Wildman–Crippen MR) is 125 cm³/mol. The van der Waals surface area contributed by atoms with E-state index in [1.165, 1.54) is 4.90 Å². The monoisotopic (exact) mass is 457 g/mol. The number of carbonyl (C=O) groups excluding carboxylic acids is 3. The Balaban J connectivity index is 1.49. The summed E-state index contributed by atoms with van der Waals surface area (Å²) in [5.41, 5.74) is 1.57. The summed E-state index contributed by atoms with van der Waals surface area (Å²) < 4.78 is 0. The summed E-state index contributed by atoms with van der Waals surface area (Å²) in [6, 6.07) is 23.4. The molecule has 6 rings (SSSR count). The van der Waals surface area contributed by atoms with Crippen LogP contribution in [0.15, 0.2) is 78.9 Å². The van der Waals surface area contributed by atoms with Crippen molar-refractivity contribution >= 4 is 40.7 Å². The van der Waals surface area contributed by atoms with Crippen LogP contribution in [0.3, 0.4) is 0 Å². The van der Waals surface area contributed by atoms with Crippen LogP contribution in [-0.2, 0) is 26.3 Å². The van der Waals surface area contributed by atoms with Crippen LogP contribution in [0, 0.1) is 11.8 Å². The second-order valence-electron chi connectivity index (χ2n) is 8.74. The van der Waals surface area contributed by atoms with Crippen LogP contribution in [0.2, 0.25) is 5.02 Å². The summed E-state index contributed by atoms with van der Waals surface area (Å²) in [5, 5.41) is 6.90. The molecule has 3 heterocycles. The Morgan fingerprint density at radius 2 is 1.55 bits per heavy atom. The summed E-state index contributed by atoms with van der Waals surface area (Å²) in [6.45, 7) is 0. The smallest absolute Gasteiger partial charge is 0.250 e. The number of fused-ring (bicyclic) bond motifs is 4. The minimum atomic E-state index is -1.30. The fourth-order valence-corrected chi connectivity index (χ4v) is 5.77. The highest BCUT2D eigenvalue weighted by Gasteiger charge is 2.70. The molecule has 3 aliphatic rings. The van der Waals surface area contributed by atoms with Gasteiger partial charge in [0.05, 0.1) is 17.5 Å². The molecule has 2 saturated heterocycles. The Hall–Kier alpha value is -3.48. The van der Waals surface area contributed by atoms with Crippen molar-refractivity contribution in [3.05, 3.63) is 95.0 Å². The first kappa shape index (κ1) is 20.1. The fraction of sp³-hybridized carbons (Fsp3) is 0.192. The van der Waals surface area contributed by atoms with Crippen molar-refractivity contribution in [3.8, 4) is 0 Å². The van der Waals surface area contributed by atoms with Gasteiger partial charge in [-0.2, -0.15) is 0 Å². The molecule has 3 aromatic carbocycles. The van der Waals surface area contributed by atoms with Crippen LogP contribution in [0.1, 0.15) is 11.1 Å². The maximum Gasteiger partial charge on any atom is 0.250 e. The van der Waals surface area contributed by atoms with E-state index in [9.17, 15) is 14.4 Å². The number of hydrogen-bond acceptors (Lipinski definition) is 4. The molecule has 4 atom stereocenters. The van der Waals surface area contributed by atoms with Gasteiger partial charge >= 0.3 is 0 Å².